The first kappa shape index (κ1) is 26.4. The summed E-state index contributed by atoms with van der Waals surface area (Å²) in [5.74, 6) is 3.90. The van der Waals surface area contributed by atoms with Crippen LogP contribution in [0.25, 0.3) is 0 Å². The number of aliphatic hydroxyl groups excluding tert-OH is 2. The molecule has 4 heteroatoms. The van der Waals surface area contributed by atoms with Crippen molar-refractivity contribution in [3.05, 3.63) is 0 Å². The van der Waals surface area contributed by atoms with Crippen molar-refractivity contribution in [2.24, 2.45) is 69.6 Å². The molecule has 0 spiro atoms. The Labute approximate surface area is 198 Å². The third kappa shape index (κ3) is 4.55. The molecule has 3 rings (SSSR count). The van der Waals surface area contributed by atoms with E-state index in [1.807, 2.05) is 0 Å². The zero-order valence-electron chi connectivity index (χ0n) is 22.2. The molecule has 0 aromatic carbocycles. The number of rotatable bonds is 4. The first-order valence-corrected chi connectivity index (χ1v) is 13.6. The second-order valence-corrected chi connectivity index (χ2v) is 13.7. The van der Waals surface area contributed by atoms with Crippen LogP contribution in [0.3, 0.4) is 0 Å². The lowest BCUT2D eigenvalue weighted by molar-refractivity contribution is -0.0750. The van der Waals surface area contributed by atoms with E-state index in [0.29, 0.717) is 23.7 Å². The highest BCUT2D eigenvalue weighted by molar-refractivity contribution is 5.02. The van der Waals surface area contributed by atoms with Crippen LogP contribution in [-0.2, 0) is 0 Å². The minimum Gasteiger partial charge on any atom is -0.391 e. The van der Waals surface area contributed by atoms with Gasteiger partial charge in [-0.2, -0.15) is 0 Å². The third-order valence-corrected chi connectivity index (χ3v) is 11.4. The van der Waals surface area contributed by atoms with Gasteiger partial charge in [0.15, 0.2) is 0 Å². The SMILES string of the molecule is CC1CC(C(C)(C)C2CCC(C(C)(C)C3CC(C)C(O)C(N)C3C)CC2)C(C)C(N)C1O. The van der Waals surface area contributed by atoms with E-state index < -0.39 is 0 Å². The normalized spacial score (nSPS) is 49.1. The lowest BCUT2D eigenvalue weighted by Crippen LogP contribution is -2.56. The maximum absolute atomic E-state index is 10.5. The summed E-state index contributed by atoms with van der Waals surface area (Å²) in [6, 6.07) is -0.208. The van der Waals surface area contributed by atoms with Crippen LogP contribution in [0, 0.1) is 58.2 Å². The molecule has 0 aromatic rings. The summed E-state index contributed by atoms with van der Waals surface area (Å²) in [5, 5.41) is 21.0. The molecule has 10 unspecified atom stereocenters. The molecular formula is C28H54N2O2. The summed E-state index contributed by atoms with van der Waals surface area (Å²) in [4.78, 5) is 0. The molecule has 3 aliphatic carbocycles. The van der Waals surface area contributed by atoms with Crippen LogP contribution in [0.2, 0.25) is 0 Å². The van der Waals surface area contributed by atoms with Gasteiger partial charge in [0.25, 0.3) is 0 Å². The van der Waals surface area contributed by atoms with Gasteiger partial charge in [0.2, 0.25) is 0 Å². The van der Waals surface area contributed by atoms with Crippen LogP contribution in [0.1, 0.15) is 93.9 Å². The van der Waals surface area contributed by atoms with Gasteiger partial charge in [-0.15, -0.1) is 0 Å². The molecule has 0 aromatic heterocycles. The van der Waals surface area contributed by atoms with E-state index in [4.69, 9.17) is 11.5 Å². The van der Waals surface area contributed by atoms with Crippen molar-refractivity contribution in [2.45, 2.75) is 118 Å². The molecule has 6 N–H and O–H groups in total. The van der Waals surface area contributed by atoms with Crippen LogP contribution in [0.15, 0.2) is 0 Å². The first-order chi connectivity index (χ1) is 14.7. The highest BCUT2D eigenvalue weighted by atomic mass is 16.3. The van der Waals surface area contributed by atoms with Crippen LogP contribution < -0.4 is 11.5 Å². The van der Waals surface area contributed by atoms with Crippen molar-refractivity contribution in [1.82, 2.24) is 0 Å². The summed E-state index contributed by atoms with van der Waals surface area (Å²) in [5.41, 5.74) is 13.4. The average molecular weight is 451 g/mol. The minimum absolute atomic E-state index is 0.104. The van der Waals surface area contributed by atoms with E-state index >= 15 is 0 Å². The van der Waals surface area contributed by atoms with Crippen molar-refractivity contribution in [2.75, 3.05) is 0 Å². The van der Waals surface area contributed by atoms with E-state index in [0.717, 1.165) is 24.7 Å². The fraction of sp³-hybridized carbons (Fsp3) is 1.00. The molecule has 32 heavy (non-hydrogen) atoms. The van der Waals surface area contributed by atoms with Gasteiger partial charge in [-0.25, -0.2) is 0 Å². The van der Waals surface area contributed by atoms with Gasteiger partial charge in [-0.1, -0.05) is 55.4 Å². The molecule has 3 fully saturated rings. The van der Waals surface area contributed by atoms with Crippen LogP contribution in [-0.4, -0.2) is 34.5 Å². The smallest absolute Gasteiger partial charge is 0.0719 e. The average Bonchev–Trinajstić information content (AvgIpc) is 2.75. The maximum Gasteiger partial charge on any atom is 0.0719 e. The molecule has 10 atom stereocenters. The summed E-state index contributed by atoms with van der Waals surface area (Å²) in [7, 11) is 0. The highest BCUT2D eigenvalue weighted by Crippen LogP contribution is 2.56. The standard InChI is InChI=1S/C28H54N2O2/c1-15-13-21(17(3)23(29)25(15)31)27(5,6)19-9-11-20(12-10-19)28(7,8)22-14-16(2)26(32)24(30)18(22)4/h15-26,31-32H,9-14,29-30H2,1-8H3. The van der Waals surface area contributed by atoms with Crippen LogP contribution in [0.5, 0.6) is 0 Å². The van der Waals surface area contributed by atoms with Crippen molar-refractivity contribution < 1.29 is 10.2 Å². The topological polar surface area (TPSA) is 92.5 Å². The molecule has 0 amide bonds. The van der Waals surface area contributed by atoms with Gasteiger partial charge in [0.05, 0.1) is 12.2 Å². The second-order valence-electron chi connectivity index (χ2n) is 13.7. The Kier molecular flexibility index (Phi) is 7.83. The molecule has 0 heterocycles. The summed E-state index contributed by atoms with van der Waals surface area (Å²) < 4.78 is 0. The number of hydrogen-bond acceptors (Lipinski definition) is 4. The molecular weight excluding hydrogens is 396 g/mol. The van der Waals surface area contributed by atoms with E-state index in [2.05, 4.69) is 55.4 Å². The number of aliphatic hydroxyl groups is 2. The summed E-state index contributed by atoms with van der Waals surface area (Å²) in [6.07, 6.45) is 6.63. The molecule has 0 aliphatic heterocycles. The van der Waals surface area contributed by atoms with E-state index in [1.165, 1.54) is 25.7 Å². The van der Waals surface area contributed by atoms with Crippen molar-refractivity contribution in [3.8, 4) is 0 Å². The Bertz CT molecular complexity index is 573. The lowest BCUT2D eigenvalue weighted by Gasteiger charge is -2.55. The van der Waals surface area contributed by atoms with Gasteiger partial charge in [-0.3, -0.25) is 0 Å². The Hall–Kier alpha value is -0.160. The predicted molar refractivity (Wildman–Crippen MR) is 134 cm³/mol. The van der Waals surface area contributed by atoms with Gasteiger partial charge in [0, 0.05) is 12.1 Å². The third-order valence-electron chi connectivity index (χ3n) is 11.4. The summed E-state index contributed by atoms with van der Waals surface area (Å²) >= 11 is 0. The lowest BCUT2D eigenvalue weighted by atomic mass is 9.51. The van der Waals surface area contributed by atoms with Crippen LogP contribution in [0.4, 0.5) is 0 Å². The van der Waals surface area contributed by atoms with Crippen molar-refractivity contribution in [1.29, 1.82) is 0 Å². The monoisotopic (exact) mass is 450 g/mol. The molecule has 188 valence electrons. The molecule has 0 saturated heterocycles. The fourth-order valence-electron chi connectivity index (χ4n) is 8.58. The largest absolute Gasteiger partial charge is 0.391 e. The molecule has 3 saturated carbocycles. The van der Waals surface area contributed by atoms with Crippen molar-refractivity contribution in [3.63, 3.8) is 0 Å². The molecule has 0 radical (unpaired) electrons. The number of nitrogens with two attached hydrogens (primary N) is 2. The summed E-state index contributed by atoms with van der Waals surface area (Å²) in [6.45, 7) is 18.8. The zero-order valence-corrected chi connectivity index (χ0v) is 22.2. The highest BCUT2D eigenvalue weighted by Gasteiger charge is 2.51. The Morgan fingerprint density at radius 1 is 0.594 bits per heavy atom. The van der Waals surface area contributed by atoms with E-state index in [9.17, 15) is 10.2 Å². The van der Waals surface area contributed by atoms with Gasteiger partial charge in [0.1, 0.15) is 0 Å². The zero-order chi connectivity index (χ0) is 24.2. The maximum atomic E-state index is 10.5. The Morgan fingerprint density at radius 3 is 1.16 bits per heavy atom. The fourth-order valence-corrected chi connectivity index (χ4v) is 8.58. The molecule has 0 bridgehead atoms. The van der Waals surface area contributed by atoms with E-state index in [1.54, 1.807) is 0 Å². The molecule has 3 aliphatic rings. The predicted octanol–water partition coefficient (Wildman–Crippen LogP) is 4.81. The number of hydrogen-bond donors (Lipinski definition) is 4. The molecule has 4 nitrogen and oxygen atoms in total. The second kappa shape index (κ2) is 9.47. The first-order valence-electron chi connectivity index (χ1n) is 13.6. The van der Waals surface area contributed by atoms with Crippen LogP contribution >= 0.6 is 0 Å². The quantitative estimate of drug-likeness (QED) is 0.495. The Balaban J connectivity index is 1.67. The van der Waals surface area contributed by atoms with Gasteiger partial charge >= 0.3 is 0 Å². The Morgan fingerprint density at radius 2 is 0.875 bits per heavy atom. The minimum atomic E-state index is -0.363. The van der Waals surface area contributed by atoms with Gasteiger partial charge < -0.3 is 21.7 Å². The van der Waals surface area contributed by atoms with Gasteiger partial charge in [-0.05, 0) is 96.7 Å². The van der Waals surface area contributed by atoms with E-state index in [-0.39, 0.29) is 47.0 Å². The van der Waals surface area contributed by atoms with Crippen molar-refractivity contribution >= 4 is 0 Å².